The van der Waals surface area contributed by atoms with Crippen LogP contribution in [-0.4, -0.2) is 36.9 Å². The van der Waals surface area contributed by atoms with Crippen LogP contribution in [-0.2, 0) is 11.0 Å². The lowest BCUT2D eigenvalue weighted by Gasteiger charge is -2.23. The third kappa shape index (κ3) is 4.54. The monoisotopic (exact) mass is 325 g/mol. The Balaban J connectivity index is 2.22. The van der Waals surface area contributed by atoms with Gasteiger partial charge in [-0.2, -0.15) is 4.76 Å². The molecule has 0 aliphatic heterocycles. The lowest BCUT2D eigenvalue weighted by atomic mass is 9.88. The number of aromatic hydroxyl groups is 1. The van der Waals surface area contributed by atoms with Crippen molar-refractivity contribution in [1.29, 1.82) is 0 Å². The first kappa shape index (κ1) is 16.5. The zero-order valence-electron chi connectivity index (χ0n) is 11.4. The molecule has 0 spiro atoms. The minimum Gasteiger partial charge on any atom is -0.508 e. The number of phenols is 1. The van der Waals surface area contributed by atoms with Gasteiger partial charge in [-0.25, -0.2) is 4.57 Å². The van der Waals surface area contributed by atoms with Gasteiger partial charge < -0.3 is 25.1 Å². The van der Waals surface area contributed by atoms with E-state index in [-0.39, 0.29) is 23.6 Å². The molecule has 8 heteroatoms. The number of aliphatic hydroxyl groups excluding tert-OH is 2. The van der Waals surface area contributed by atoms with Crippen LogP contribution in [0.15, 0.2) is 53.0 Å². The predicted octanol–water partition coefficient (Wildman–Crippen LogP) is 1.46. The van der Waals surface area contributed by atoms with Crippen molar-refractivity contribution in [3.63, 3.8) is 0 Å². The molecule has 0 amide bonds. The van der Waals surface area contributed by atoms with Gasteiger partial charge in [0.05, 0.1) is 11.8 Å². The Labute approximate surface area is 126 Å². The molecule has 0 saturated heterocycles. The summed E-state index contributed by atoms with van der Waals surface area (Å²) in [6, 6.07) is 6.20. The third-order valence-corrected chi connectivity index (χ3v) is 3.65. The second-order valence-corrected chi connectivity index (χ2v) is 6.15. The van der Waals surface area contributed by atoms with Crippen LogP contribution in [0, 0.1) is 5.92 Å². The molecule has 22 heavy (non-hydrogen) atoms. The summed E-state index contributed by atoms with van der Waals surface area (Å²) in [5.74, 6) is -0.856. The Morgan fingerprint density at radius 2 is 1.77 bits per heavy atom. The van der Waals surface area contributed by atoms with Crippen molar-refractivity contribution >= 4 is 13.5 Å². The molecule has 0 fully saturated rings. The van der Waals surface area contributed by atoms with Crippen molar-refractivity contribution in [2.24, 2.45) is 10.7 Å². The average Bonchev–Trinajstić information content (AvgIpc) is 2.42. The van der Waals surface area contributed by atoms with Gasteiger partial charge in [-0.1, -0.05) is 12.1 Å². The number of rotatable bonds is 4. The Morgan fingerprint density at radius 1 is 1.14 bits per heavy atom. The van der Waals surface area contributed by atoms with Crippen molar-refractivity contribution in [1.82, 2.24) is 0 Å². The molecular weight excluding hydrogens is 309 g/mol. The average molecular weight is 325 g/mol. The van der Waals surface area contributed by atoms with Crippen molar-refractivity contribution in [2.45, 2.75) is 12.5 Å². The van der Waals surface area contributed by atoms with E-state index in [9.17, 15) is 19.9 Å². The van der Waals surface area contributed by atoms with Crippen LogP contribution in [0.25, 0.3) is 0 Å². The molecule has 0 aromatic heterocycles. The minimum atomic E-state index is -4.64. The van der Waals surface area contributed by atoms with E-state index in [0.717, 1.165) is 5.56 Å². The number of benzene rings is 1. The summed E-state index contributed by atoms with van der Waals surface area (Å²) in [7, 11) is -4.64. The SMILES string of the molecule is O=P(O)(O)N=C1C=CC(O)=CC1C(O)Cc1ccc(O)cc1. The molecule has 2 rings (SSSR count). The van der Waals surface area contributed by atoms with Crippen molar-refractivity contribution < 1.29 is 29.7 Å². The van der Waals surface area contributed by atoms with E-state index in [1.54, 1.807) is 12.1 Å². The summed E-state index contributed by atoms with van der Waals surface area (Å²) in [6.07, 6.45) is 2.93. The fourth-order valence-corrected chi connectivity index (χ4v) is 2.67. The van der Waals surface area contributed by atoms with Gasteiger partial charge in [-0.05, 0) is 42.3 Å². The highest BCUT2D eigenvalue weighted by molar-refractivity contribution is 7.50. The molecule has 118 valence electrons. The number of allylic oxidation sites excluding steroid dienone is 2. The lowest BCUT2D eigenvalue weighted by molar-refractivity contribution is 0.154. The zero-order valence-corrected chi connectivity index (χ0v) is 12.3. The molecule has 7 nitrogen and oxygen atoms in total. The standard InChI is InChI=1S/C14H16NO6P/c16-10-3-1-9(2-4-10)7-14(18)12-8-11(17)5-6-13(12)15-22(19,20)21/h1-6,8,12,14,16-18H,7H2,(H2,19,20,21). The highest BCUT2D eigenvalue weighted by Crippen LogP contribution is 2.38. The molecule has 0 bridgehead atoms. The van der Waals surface area contributed by atoms with Gasteiger partial charge in [-0.15, -0.1) is 0 Å². The van der Waals surface area contributed by atoms with Crippen LogP contribution in [0.5, 0.6) is 5.75 Å². The number of phenolic OH excluding ortho intramolecular Hbond substituents is 1. The van der Waals surface area contributed by atoms with Crippen LogP contribution in [0.3, 0.4) is 0 Å². The highest BCUT2D eigenvalue weighted by Gasteiger charge is 2.27. The largest absolute Gasteiger partial charge is 0.508 e. The van der Waals surface area contributed by atoms with E-state index in [1.807, 2.05) is 0 Å². The summed E-state index contributed by atoms with van der Waals surface area (Å²) < 4.78 is 14.3. The fourth-order valence-electron chi connectivity index (χ4n) is 2.17. The fraction of sp³-hybridized carbons (Fsp3) is 0.214. The maximum Gasteiger partial charge on any atom is 0.448 e. The molecule has 1 aromatic rings. The molecule has 0 heterocycles. The summed E-state index contributed by atoms with van der Waals surface area (Å²) in [5.41, 5.74) is 0.723. The van der Waals surface area contributed by atoms with Crippen LogP contribution in [0.4, 0.5) is 0 Å². The van der Waals surface area contributed by atoms with Crippen LogP contribution in [0.2, 0.25) is 0 Å². The number of hydrogen-bond acceptors (Lipinski definition) is 4. The van der Waals surface area contributed by atoms with Gasteiger partial charge in [-0.3, -0.25) is 0 Å². The van der Waals surface area contributed by atoms with Crippen molar-refractivity contribution in [2.75, 3.05) is 0 Å². The van der Waals surface area contributed by atoms with E-state index in [1.165, 1.54) is 30.4 Å². The highest BCUT2D eigenvalue weighted by atomic mass is 31.2. The normalized spacial score (nSPS) is 21.7. The van der Waals surface area contributed by atoms with E-state index < -0.39 is 19.8 Å². The first-order valence-corrected chi connectivity index (χ1v) is 8.01. The Bertz CT molecular complexity index is 673. The molecule has 1 aliphatic carbocycles. The van der Waals surface area contributed by atoms with Gasteiger partial charge >= 0.3 is 7.75 Å². The third-order valence-electron chi connectivity index (χ3n) is 3.16. The Kier molecular flexibility index (Phi) is 4.83. The molecule has 0 radical (unpaired) electrons. The second-order valence-electron chi connectivity index (χ2n) is 4.93. The molecule has 2 unspecified atom stereocenters. The molecule has 2 atom stereocenters. The maximum atomic E-state index is 11.0. The van der Waals surface area contributed by atoms with Crippen molar-refractivity contribution in [3.05, 3.63) is 53.8 Å². The Morgan fingerprint density at radius 3 is 2.36 bits per heavy atom. The topological polar surface area (TPSA) is 131 Å². The summed E-state index contributed by atoms with van der Waals surface area (Å²) in [4.78, 5) is 17.9. The summed E-state index contributed by atoms with van der Waals surface area (Å²) in [6.45, 7) is 0. The van der Waals surface area contributed by atoms with Crippen LogP contribution in [0.1, 0.15) is 5.56 Å². The van der Waals surface area contributed by atoms with Crippen LogP contribution < -0.4 is 0 Å². The molecule has 0 saturated carbocycles. The number of nitrogens with zero attached hydrogens (tertiary/aromatic N) is 1. The van der Waals surface area contributed by atoms with Crippen molar-refractivity contribution in [3.8, 4) is 5.75 Å². The summed E-state index contributed by atoms with van der Waals surface area (Å²) >= 11 is 0. The molecule has 1 aliphatic rings. The van der Waals surface area contributed by atoms with Gasteiger partial charge in [0.2, 0.25) is 0 Å². The van der Waals surface area contributed by atoms with E-state index >= 15 is 0 Å². The summed E-state index contributed by atoms with van der Waals surface area (Å²) in [5, 5.41) is 29.0. The molecule has 1 aromatic carbocycles. The first-order chi connectivity index (χ1) is 10.2. The first-order valence-electron chi connectivity index (χ1n) is 6.45. The maximum absolute atomic E-state index is 11.0. The van der Waals surface area contributed by atoms with Gasteiger partial charge in [0.1, 0.15) is 11.5 Å². The van der Waals surface area contributed by atoms with E-state index in [2.05, 4.69) is 4.76 Å². The number of hydrogen-bond donors (Lipinski definition) is 5. The predicted molar refractivity (Wildman–Crippen MR) is 80.6 cm³/mol. The van der Waals surface area contributed by atoms with Gasteiger partial charge in [0, 0.05) is 5.92 Å². The van der Waals surface area contributed by atoms with Gasteiger partial charge in [0.25, 0.3) is 0 Å². The Hall–Kier alpha value is -1.92. The second kappa shape index (κ2) is 6.46. The van der Waals surface area contributed by atoms with E-state index in [0.29, 0.717) is 0 Å². The van der Waals surface area contributed by atoms with E-state index in [4.69, 9.17) is 9.79 Å². The minimum absolute atomic E-state index is 0.00240. The van der Waals surface area contributed by atoms with Gasteiger partial charge in [0.15, 0.2) is 0 Å². The zero-order chi connectivity index (χ0) is 16.3. The quantitative estimate of drug-likeness (QED) is 0.533. The molecule has 5 N–H and O–H groups in total. The van der Waals surface area contributed by atoms with Crippen LogP contribution >= 0.6 is 7.75 Å². The lowest BCUT2D eigenvalue weighted by Crippen LogP contribution is -2.29. The smallest absolute Gasteiger partial charge is 0.448 e. The number of aliphatic hydroxyl groups is 2. The molecular formula is C14H16NO6P.